The van der Waals surface area contributed by atoms with Crippen LogP contribution in [0.2, 0.25) is 0 Å². The van der Waals surface area contributed by atoms with E-state index in [0.717, 1.165) is 11.6 Å². The van der Waals surface area contributed by atoms with Gasteiger partial charge >= 0.3 is 5.97 Å². The Bertz CT molecular complexity index is 184. The van der Waals surface area contributed by atoms with Crippen molar-refractivity contribution in [3.63, 3.8) is 0 Å². The second-order valence-electron chi connectivity index (χ2n) is 2.04. The zero-order valence-electron chi connectivity index (χ0n) is 5.87. The molecular weight excluding hydrogens is 164 g/mol. The van der Waals surface area contributed by atoms with Crippen LogP contribution in [0.5, 0.6) is 0 Å². The molecule has 5 heteroatoms. The average Bonchev–Trinajstić information content (AvgIpc) is 2.52. The lowest BCUT2D eigenvalue weighted by atomic mass is 10.3. The van der Waals surface area contributed by atoms with Gasteiger partial charge in [-0.2, -0.15) is 5.26 Å². The van der Waals surface area contributed by atoms with Crippen molar-refractivity contribution in [2.45, 2.75) is 6.04 Å². The minimum absolute atomic E-state index is 0.151. The molecule has 4 nitrogen and oxygen atoms in total. The number of hydrogen-bond donors (Lipinski definition) is 1. The number of nitrogens with one attached hydrogen (secondary N) is 1. The first-order chi connectivity index (χ1) is 5.34. The van der Waals surface area contributed by atoms with Gasteiger partial charge in [0, 0.05) is 11.6 Å². The number of nitriles is 1. The van der Waals surface area contributed by atoms with Gasteiger partial charge < -0.3 is 4.74 Å². The van der Waals surface area contributed by atoms with E-state index in [-0.39, 0.29) is 18.6 Å². The Kier molecular flexibility index (Phi) is 3.20. The van der Waals surface area contributed by atoms with Crippen LogP contribution in [0.25, 0.3) is 0 Å². The van der Waals surface area contributed by atoms with E-state index in [1.165, 1.54) is 0 Å². The van der Waals surface area contributed by atoms with Crippen LogP contribution in [0.3, 0.4) is 0 Å². The van der Waals surface area contributed by atoms with Gasteiger partial charge in [0.05, 0.1) is 0 Å². The number of thioether (sulfide) groups is 1. The second-order valence-corrected chi connectivity index (χ2v) is 3.07. The highest BCUT2D eigenvalue weighted by Gasteiger charge is 2.23. The van der Waals surface area contributed by atoms with Crippen LogP contribution in [0, 0.1) is 11.3 Å². The van der Waals surface area contributed by atoms with Gasteiger partial charge in [-0.1, -0.05) is 0 Å². The lowest BCUT2D eigenvalue weighted by molar-refractivity contribution is -0.143. The molecule has 0 amide bonds. The van der Waals surface area contributed by atoms with E-state index in [4.69, 9.17) is 5.26 Å². The molecule has 0 saturated carbocycles. The van der Waals surface area contributed by atoms with Gasteiger partial charge in [0.2, 0.25) is 0 Å². The largest absolute Gasteiger partial charge is 0.449 e. The lowest BCUT2D eigenvalue weighted by Gasteiger charge is -2.05. The highest BCUT2D eigenvalue weighted by Crippen LogP contribution is 2.10. The molecule has 0 unspecified atom stereocenters. The first kappa shape index (κ1) is 8.37. The summed E-state index contributed by atoms with van der Waals surface area (Å²) >= 11 is 1.65. The molecule has 1 heterocycles. The summed E-state index contributed by atoms with van der Waals surface area (Å²) in [4.78, 5) is 11.0. The van der Waals surface area contributed by atoms with Crippen molar-refractivity contribution in [2.24, 2.45) is 0 Å². The van der Waals surface area contributed by atoms with Crippen LogP contribution in [0.4, 0.5) is 0 Å². The number of rotatable bonds is 2. The zero-order chi connectivity index (χ0) is 8.10. The van der Waals surface area contributed by atoms with Gasteiger partial charge in [-0.25, -0.2) is 0 Å². The quantitative estimate of drug-likeness (QED) is 0.580. The first-order valence-corrected chi connectivity index (χ1v) is 4.35. The molecule has 1 saturated heterocycles. The molecular formula is C6H8N2O2S. The summed E-state index contributed by atoms with van der Waals surface area (Å²) in [7, 11) is 0. The fourth-order valence-electron chi connectivity index (χ4n) is 0.751. The SMILES string of the molecule is N#CCOC(=O)[C@@H]1CSCN1. The second kappa shape index (κ2) is 4.21. The molecule has 11 heavy (non-hydrogen) atoms. The van der Waals surface area contributed by atoms with E-state index >= 15 is 0 Å². The van der Waals surface area contributed by atoms with Crippen molar-refractivity contribution in [1.29, 1.82) is 5.26 Å². The fourth-order valence-corrected chi connectivity index (χ4v) is 1.68. The molecule has 60 valence electrons. The first-order valence-electron chi connectivity index (χ1n) is 3.19. The Labute approximate surface area is 68.9 Å². The highest BCUT2D eigenvalue weighted by molar-refractivity contribution is 7.99. The van der Waals surface area contributed by atoms with E-state index in [1.54, 1.807) is 17.8 Å². The number of esters is 1. The van der Waals surface area contributed by atoms with Crippen molar-refractivity contribution >= 4 is 17.7 Å². The van der Waals surface area contributed by atoms with Crippen LogP contribution in [-0.4, -0.2) is 30.2 Å². The molecule has 0 bridgehead atoms. The van der Waals surface area contributed by atoms with Crippen LogP contribution in [0.1, 0.15) is 0 Å². The summed E-state index contributed by atoms with van der Waals surface area (Å²) in [6, 6.07) is 1.53. The molecule has 0 radical (unpaired) electrons. The zero-order valence-corrected chi connectivity index (χ0v) is 6.69. The van der Waals surface area contributed by atoms with Gasteiger partial charge in [0.1, 0.15) is 12.1 Å². The molecule has 0 spiro atoms. The lowest BCUT2D eigenvalue weighted by Crippen LogP contribution is -2.34. The topological polar surface area (TPSA) is 62.1 Å². The third-order valence-corrected chi connectivity index (χ3v) is 2.22. The van der Waals surface area contributed by atoms with Gasteiger partial charge in [0.25, 0.3) is 0 Å². The summed E-state index contributed by atoms with van der Waals surface area (Å²) in [6.45, 7) is -0.151. The molecule has 1 N–H and O–H groups in total. The normalized spacial score (nSPS) is 22.6. The van der Waals surface area contributed by atoms with Crippen LogP contribution < -0.4 is 5.32 Å². The Morgan fingerprint density at radius 3 is 3.27 bits per heavy atom. The van der Waals surface area contributed by atoms with Crippen LogP contribution in [0.15, 0.2) is 0 Å². The van der Waals surface area contributed by atoms with Gasteiger partial charge in [-0.05, 0) is 0 Å². The molecule has 1 atom stereocenters. The van der Waals surface area contributed by atoms with E-state index < -0.39 is 0 Å². The molecule has 1 aliphatic heterocycles. The van der Waals surface area contributed by atoms with E-state index in [9.17, 15) is 4.79 Å². The fraction of sp³-hybridized carbons (Fsp3) is 0.667. The number of carbonyl (C=O) groups is 1. The number of carbonyl (C=O) groups excluding carboxylic acids is 1. The monoisotopic (exact) mass is 172 g/mol. The average molecular weight is 172 g/mol. The minimum Gasteiger partial charge on any atom is -0.449 e. The molecule has 1 rings (SSSR count). The summed E-state index contributed by atoms with van der Waals surface area (Å²) in [6.07, 6.45) is 0. The predicted molar refractivity (Wildman–Crippen MR) is 40.8 cm³/mol. The van der Waals surface area contributed by atoms with Crippen molar-refractivity contribution in [1.82, 2.24) is 5.32 Å². The molecule has 0 aromatic heterocycles. The number of hydrogen-bond acceptors (Lipinski definition) is 5. The van der Waals surface area contributed by atoms with Crippen LogP contribution >= 0.6 is 11.8 Å². The maximum absolute atomic E-state index is 11.0. The molecule has 0 aromatic carbocycles. The van der Waals surface area contributed by atoms with Crippen LogP contribution in [-0.2, 0) is 9.53 Å². The summed E-state index contributed by atoms with van der Waals surface area (Å²) in [5.41, 5.74) is 0. The number of ether oxygens (including phenoxy) is 1. The van der Waals surface area contributed by atoms with E-state index in [1.807, 2.05) is 0 Å². The maximum atomic E-state index is 11.0. The molecule has 0 aromatic rings. The Hall–Kier alpha value is -0.730. The maximum Gasteiger partial charge on any atom is 0.325 e. The van der Waals surface area contributed by atoms with Crippen molar-refractivity contribution < 1.29 is 9.53 Å². The molecule has 0 aliphatic carbocycles. The smallest absolute Gasteiger partial charge is 0.325 e. The Morgan fingerprint density at radius 1 is 1.91 bits per heavy atom. The minimum atomic E-state index is -0.323. The van der Waals surface area contributed by atoms with Gasteiger partial charge in [-0.3, -0.25) is 10.1 Å². The predicted octanol–water partition coefficient (Wildman–Crippen LogP) is -0.284. The van der Waals surface area contributed by atoms with Gasteiger partial charge in [0.15, 0.2) is 6.61 Å². The van der Waals surface area contributed by atoms with E-state index in [0.29, 0.717) is 0 Å². The Balaban J connectivity index is 2.24. The third-order valence-electron chi connectivity index (χ3n) is 1.28. The number of nitrogens with zero attached hydrogens (tertiary/aromatic N) is 1. The van der Waals surface area contributed by atoms with Gasteiger partial charge in [-0.15, -0.1) is 11.8 Å². The molecule has 1 fully saturated rings. The van der Waals surface area contributed by atoms with Crippen molar-refractivity contribution in [3.05, 3.63) is 0 Å². The Morgan fingerprint density at radius 2 is 2.73 bits per heavy atom. The standard InChI is InChI=1S/C6H8N2O2S/c7-1-2-10-6(9)5-3-11-4-8-5/h5,8H,2-4H2/t5-/m0/s1. The third kappa shape index (κ3) is 2.41. The summed E-state index contributed by atoms with van der Waals surface area (Å²) in [5.74, 6) is 1.20. The van der Waals surface area contributed by atoms with Crippen molar-refractivity contribution in [3.8, 4) is 6.07 Å². The summed E-state index contributed by atoms with van der Waals surface area (Å²) < 4.78 is 4.60. The van der Waals surface area contributed by atoms with Crippen molar-refractivity contribution in [2.75, 3.05) is 18.2 Å². The molecule has 1 aliphatic rings. The van der Waals surface area contributed by atoms with E-state index in [2.05, 4.69) is 10.1 Å². The highest BCUT2D eigenvalue weighted by atomic mass is 32.2. The summed E-state index contributed by atoms with van der Waals surface area (Å²) in [5, 5.41) is 11.0.